The standard InChI is InChI=1S/C11H11ClFNO3/c1-6-4-7(2-3-8(6)12)10(15)14-9(5-13)11(16)17/h2-4,9H,5H2,1H3,(H,14,15)(H,16,17). The van der Waals surface area contributed by atoms with Gasteiger partial charge in [0.05, 0.1) is 0 Å². The van der Waals surface area contributed by atoms with Gasteiger partial charge in [-0.3, -0.25) is 4.79 Å². The molecule has 1 unspecified atom stereocenters. The van der Waals surface area contributed by atoms with Crippen LogP contribution in [-0.2, 0) is 4.79 Å². The van der Waals surface area contributed by atoms with Crippen LogP contribution < -0.4 is 5.32 Å². The molecule has 1 amide bonds. The molecule has 1 aromatic rings. The minimum absolute atomic E-state index is 0.242. The quantitative estimate of drug-likeness (QED) is 0.866. The van der Waals surface area contributed by atoms with Crippen LogP contribution in [0.15, 0.2) is 18.2 Å². The Bertz CT molecular complexity index is 450. The van der Waals surface area contributed by atoms with Crippen molar-refractivity contribution in [2.45, 2.75) is 13.0 Å². The van der Waals surface area contributed by atoms with Gasteiger partial charge in [0.2, 0.25) is 0 Å². The van der Waals surface area contributed by atoms with E-state index in [4.69, 9.17) is 16.7 Å². The maximum Gasteiger partial charge on any atom is 0.328 e. The molecule has 0 radical (unpaired) electrons. The van der Waals surface area contributed by atoms with Crippen LogP contribution in [0.1, 0.15) is 15.9 Å². The molecule has 1 rings (SSSR count). The summed E-state index contributed by atoms with van der Waals surface area (Å²) in [5.41, 5.74) is 0.929. The number of benzene rings is 1. The summed E-state index contributed by atoms with van der Waals surface area (Å²) in [6.45, 7) is 0.552. The minimum Gasteiger partial charge on any atom is -0.480 e. The Kier molecular flexibility index (Phi) is 4.45. The molecule has 1 atom stereocenters. The van der Waals surface area contributed by atoms with Gasteiger partial charge in [-0.25, -0.2) is 9.18 Å². The van der Waals surface area contributed by atoms with Crippen LogP contribution in [0.25, 0.3) is 0 Å². The number of alkyl halides is 1. The summed E-state index contributed by atoms with van der Waals surface area (Å²) in [5, 5.41) is 11.2. The second-order valence-electron chi connectivity index (χ2n) is 3.48. The Morgan fingerprint density at radius 1 is 1.53 bits per heavy atom. The average Bonchev–Trinajstić information content (AvgIpc) is 2.28. The lowest BCUT2D eigenvalue weighted by Gasteiger charge is -2.11. The second kappa shape index (κ2) is 5.63. The van der Waals surface area contributed by atoms with Crippen molar-refractivity contribution in [1.82, 2.24) is 5.32 Å². The largest absolute Gasteiger partial charge is 0.480 e. The van der Waals surface area contributed by atoms with E-state index in [0.29, 0.717) is 10.6 Å². The zero-order chi connectivity index (χ0) is 13.0. The Balaban J connectivity index is 2.82. The molecule has 2 N–H and O–H groups in total. The van der Waals surface area contributed by atoms with Gasteiger partial charge in [-0.15, -0.1) is 0 Å². The van der Waals surface area contributed by atoms with Crippen molar-refractivity contribution in [2.75, 3.05) is 6.67 Å². The monoisotopic (exact) mass is 259 g/mol. The lowest BCUT2D eigenvalue weighted by molar-refractivity contribution is -0.139. The molecule has 0 fully saturated rings. The molecule has 1 aromatic carbocycles. The highest BCUT2D eigenvalue weighted by atomic mass is 35.5. The van der Waals surface area contributed by atoms with Gasteiger partial charge in [0, 0.05) is 10.6 Å². The minimum atomic E-state index is -1.53. The number of halogens is 2. The van der Waals surface area contributed by atoms with Crippen molar-refractivity contribution in [2.24, 2.45) is 0 Å². The topological polar surface area (TPSA) is 66.4 Å². The lowest BCUT2D eigenvalue weighted by atomic mass is 10.1. The highest BCUT2D eigenvalue weighted by molar-refractivity contribution is 6.31. The van der Waals surface area contributed by atoms with Gasteiger partial charge in [-0.05, 0) is 30.7 Å². The average molecular weight is 260 g/mol. The van der Waals surface area contributed by atoms with Crippen molar-refractivity contribution >= 4 is 23.5 Å². The first-order valence-electron chi connectivity index (χ1n) is 4.81. The smallest absolute Gasteiger partial charge is 0.328 e. The van der Waals surface area contributed by atoms with Crippen LogP contribution in [0.5, 0.6) is 0 Å². The van der Waals surface area contributed by atoms with E-state index in [0.717, 1.165) is 0 Å². The molecule has 0 saturated carbocycles. The number of carboxylic acid groups (broad SMARTS) is 1. The normalized spacial score (nSPS) is 11.9. The van der Waals surface area contributed by atoms with Gasteiger partial charge in [-0.1, -0.05) is 11.6 Å². The number of carbonyl (C=O) groups excluding carboxylic acids is 1. The molecule has 0 aliphatic carbocycles. The summed E-state index contributed by atoms with van der Waals surface area (Å²) in [7, 11) is 0. The van der Waals surface area contributed by atoms with E-state index in [1.807, 2.05) is 0 Å². The fourth-order valence-electron chi connectivity index (χ4n) is 1.19. The molecule has 0 spiro atoms. The van der Waals surface area contributed by atoms with Crippen molar-refractivity contribution in [3.8, 4) is 0 Å². The summed E-state index contributed by atoms with van der Waals surface area (Å²) in [6.07, 6.45) is 0. The summed E-state index contributed by atoms with van der Waals surface area (Å²) in [5.74, 6) is -2.05. The number of amides is 1. The predicted molar refractivity (Wildman–Crippen MR) is 61.1 cm³/mol. The molecule has 0 aromatic heterocycles. The summed E-state index contributed by atoms with van der Waals surface area (Å²) in [6, 6.07) is 2.95. The number of rotatable bonds is 4. The summed E-state index contributed by atoms with van der Waals surface area (Å²) >= 11 is 5.78. The lowest BCUT2D eigenvalue weighted by Crippen LogP contribution is -2.42. The number of carboxylic acids is 1. The zero-order valence-electron chi connectivity index (χ0n) is 9.04. The maximum absolute atomic E-state index is 12.3. The number of hydrogen-bond donors (Lipinski definition) is 2. The van der Waals surface area contributed by atoms with E-state index in [1.165, 1.54) is 18.2 Å². The molecule has 92 valence electrons. The zero-order valence-corrected chi connectivity index (χ0v) is 9.79. The van der Waals surface area contributed by atoms with Crippen LogP contribution in [0, 0.1) is 6.92 Å². The Morgan fingerprint density at radius 3 is 2.65 bits per heavy atom. The number of hydrogen-bond acceptors (Lipinski definition) is 2. The summed E-state index contributed by atoms with van der Waals surface area (Å²) < 4.78 is 12.3. The molecule has 0 heterocycles. The van der Waals surface area contributed by atoms with Crippen molar-refractivity contribution in [1.29, 1.82) is 0 Å². The third-order valence-corrected chi connectivity index (χ3v) is 2.60. The van der Waals surface area contributed by atoms with Crippen LogP contribution >= 0.6 is 11.6 Å². The molecular formula is C11H11ClFNO3. The van der Waals surface area contributed by atoms with E-state index < -0.39 is 24.6 Å². The number of aryl methyl sites for hydroxylation is 1. The Hall–Kier alpha value is -1.62. The van der Waals surface area contributed by atoms with Crippen LogP contribution in [-0.4, -0.2) is 29.7 Å². The van der Waals surface area contributed by atoms with Gasteiger partial charge in [0.25, 0.3) is 5.91 Å². The summed E-state index contributed by atoms with van der Waals surface area (Å²) in [4.78, 5) is 22.1. The molecule has 17 heavy (non-hydrogen) atoms. The highest BCUT2D eigenvalue weighted by Crippen LogP contribution is 2.16. The predicted octanol–water partition coefficient (Wildman–Crippen LogP) is 1.80. The first-order valence-corrected chi connectivity index (χ1v) is 5.19. The van der Waals surface area contributed by atoms with Gasteiger partial charge >= 0.3 is 5.97 Å². The molecule has 0 aliphatic rings. The van der Waals surface area contributed by atoms with Gasteiger partial charge in [0.15, 0.2) is 6.04 Å². The Labute approximate surface area is 102 Å². The Morgan fingerprint density at radius 2 is 2.18 bits per heavy atom. The van der Waals surface area contributed by atoms with E-state index >= 15 is 0 Å². The maximum atomic E-state index is 12.3. The van der Waals surface area contributed by atoms with E-state index in [9.17, 15) is 14.0 Å². The molecule has 0 saturated heterocycles. The fraction of sp³-hybridized carbons (Fsp3) is 0.273. The van der Waals surface area contributed by atoms with Gasteiger partial charge in [0.1, 0.15) is 6.67 Å². The number of nitrogens with one attached hydrogen (secondary N) is 1. The number of carbonyl (C=O) groups is 2. The van der Waals surface area contributed by atoms with Crippen molar-refractivity contribution in [3.63, 3.8) is 0 Å². The molecule has 4 nitrogen and oxygen atoms in total. The van der Waals surface area contributed by atoms with E-state index in [-0.39, 0.29) is 5.56 Å². The van der Waals surface area contributed by atoms with E-state index in [1.54, 1.807) is 6.92 Å². The van der Waals surface area contributed by atoms with Gasteiger partial charge in [-0.2, -0.15) is 0 Å². The highest BCUT2D eigenvalue weighted by Gasteiger charge is 2.20. The van der Waals surface area contributed by atoms with E-state index in [2.05, 4.69) is 5.32 Å². The third-order valence-electron chi connectivity index (χ3n) is 2.18. The van der Waals surface area contributed by atoms with Crippen LogP contribution in [0.4, 0.5) is 4.39 Å². The number of aliphatic carboxylic acids is 1. The third kappa shape index (κ3) is 3.42. The first-order chi connectivity index (χ1) is 7.95. The molecule has 0 bridgehead atoms. The molecule has 6 heteroatoms. The van der Waals surface area contributed by atoms with Crippen LogP contribution in [0.2, 0.25) is 5.02 Å². The van der Waals surface area contributed by atoms with Gasteiger partial charge < -0.3 is 10.4 Å². The fourth-order valence-corrected chi connectivity index (χ4v) is 1.31. The van der Waals surface area contributed by atoms with Crippen LogP contribution in [0.3, 0.4) is 0 Å². The first kappa shape index (κ1) is 13.4. The van der Waals surface area contributed by atoms with Crippen molar-refractivity contribution < 1.29 is 19.1 Å². The SMILES string of the molecule is Cc1cc(C(=O)NC(CF)C(=O)O)ccc1Cl. The molecule has 0 aliphatic heterocycles. The second-order valence-corrected chi connectivity index (χ2v) is 3.89. The van der Waals surface area contributed by atoms with Crippen molar-refractivity contribution in [3.05, 3.63) is 34.3 Å². The molecular weight excluding hydrogens is 249 g/mol.